The first kappa shape index (κ1) is 19.1. The third kappa shape index (κ3) is 4.75. The molecule has 1 aromatic rings. The number of carbonyl (C=O) groups excluding carboxylic acids is 1. The van der Waals surface area contributed by atoms with E-state index in [-0.39, 0.29) is 17.9 Å². The molecule has 0 radical (unpaired) electrons. The summed E-state index contributed by atoms with van der Waals surface area (Å²) in [5.74, 6) is -0.964. The zero-order valence-corrected chi connectivity index (χ0v) is 14.0. The molecular formula is C17H24FN3O2. The number of hydrogen-bond donors (Lipinski definition) is 2. The number of amides is 1. The molecule has 3 unspecified atom stereocenters. The maximum atomic E-state index is 13.2. The van der Waals surface area contributed by atoms with Crippen LogP contribution in [0.15, 0.2) is 18.2 Å². The third-order valence-corrected chi connectivity index (χ3v) is 3.79. The molecule has 1 heterocycles. The fraction of sp³-hybridized carbons (Fsp3) is 0.529. The molecule has 0 aromatic heterocycles. The first-order valence-electron chi connectivity index (χ1n) is 7.80. The fourth-order valence-electron chi connectivity index (χ4n) is 2.57. The Morgan fingerprint density at radius 1 is 1.52 bits per heavy atom. The predicted molar refractivity (Wildman–Crippen MR) is 87.1 cm³/mol. The lowest BCUT2D eigenvalue weighted by atomic mass is 10.0. The third-order valence-electron chi connectivity index (χ3n) is 3.79. The number of nitrogens with one attached hydrogen (secondary N) is 1. The summed E-state index contributed by atoms with van der Waals surface area (Å²) in [6.07, 6.45) is -0.404. The van der Waals surface area contributed by atoms with Crippen LogP contribution < -0.4 is 5.32 Å². The molecule has 1 amide bonds. The van der Waals surface area contributed by atoms with Gasteiger partial charge in [0.05, 0.1) is 24.1 Å². The largest absolute Gasteiger partial charge is 0.389 e. The summed E-state index contributed by atoms with van der Waals surface area (Å²) in [4.78, 5) is 14.1. The molecule has 0 bridgehead atoms. The fourth-order valence-corrected chi connectivity index (χ4v) is 2.57. The smallest absolute Gasteiger partial charge is 0.228 e. The molecule has 1 saturated heterocycles. The van der Waals surface area contributed by atoms with Crippen LogP contribution in [0.5, 0.6) is 0 Å². The Hall–Kier alpha value is -1.97. The van der Waals surface area contributed by atoms with Crippen molar-refractivity contribution in [2.45, 2.75) is 39.3 Å². The molecular weight excluding hydrogens is 297 g/mol. The van der Waals surface area contributed by atoms with Crippen molar-refractivity contribution in [3.05, 3.63) is 29.6 Å². The topological polar surface area (TPSA) is 76.4 Å². The lowest BCUT2D eigenvalue weighted by Crippen LogP contribution is -2.26. The maximum Gasteiger partial charge on any atom is 0.228 e. The summed E-state index contributed by atoms with van der Waals surface area (Å²) in [6.45, 7) is 6.02. The summed E-state index contributed by atoms with van der Waals surface area (Å²) in [5.41, 5.74) is 0.742. The number of anilines is 1. The molecule has 1 aromatic carbocycles. The lowest BCUT2D eigenvalue weighted by Gasteiger charge is -2.16. The van der Waals surface area contributed by atoms with Crippen LogP contribution in [0.4, 0.5) is 10.1 Å². The van der Waals surface area contributed by atoms with Crippen LogP contribution >= 0.6 is 0 Å². The molecule has 1 aliphatic rings. The number of hydrogen-bond acceptors (Lipinski definition) is 4. The van der Waals surface area contributed by atoms with Gasteiger partial charge in [-0.1, -0.05) is 13.8 Å². The molecule has 23 heavy (non-hydrogen) atoms. The van der Waals surface area contributed by atoms with E-state index < -0.39 is 11.9 Å². The average molecular weight is 321 g/mol. The molecule has 126 valence electrons. The molecule has 2 N–H and O–H groups in total. The minimum atomic E-state index is -0.880. The average Bonchev–Trinajstić information content (AvgIpc) is 2.92. The highest BCUT2D eigenvalue weighted by Gasteiger charge is 2.34. The van der Waals surface area contributed by atoms with Gasteiger partial charge in [0, 0.05) is 17.8 Å². The van der Waals surface area contributed by atoms with E-state index in [0.29, 0.717) is 24.2 Å². The second-order valence-corrected chi connectivity index (χ2v) is 5.41. The maximum absolute atomic E-state index is 13.2. The Kier molecular flexibility index (Phi) is 7.14. The molecule has 0 spiro atoms. The van der Waals surface area contributed by atoms with Crippen molar-refractivity contribution in [2.75, 3.05) is 18.9 Å². The van der Waals surface area contributed by atoms with Gasteiger partial charge in [0.25, 0.3) is 0 Å². The quantitative estimate of drug-likeness (QED) is 0.897. The summed E-state index contributed by atoms with van der Waals surface area (Å²) in [7, 11) is 1.81. The second-order valence-electron chi connectivity index (χ2n) is 5.41. The van der Waals surface area contributed by atoms with Gasteiger partial charge in [-0.2, -0.15) is 5.26 Å². The summed E-state index contributed by atoms with van der Waals surface area (Å²) >= 11 is 0. The summed E-state index contributed by atoms with van der Waals surface area (Å²) < 4.78 is 13.2. The van der Waals surface area contributed by atoms with Gasteiger partial charge in [-0.3, -0.25) is 9.69 Å². The van der Waals surface area contributed by atoms with Crippen LogP contribution in [0.2, 0.25) is 0 Å². The Balaban J connectivity index is 0.00000127. The molecule has 2 rings (SSSR count). The van der Waals surface area contributed by atoms with E-state index in [9.17, 15) is 14.3 Å². The zero-order chi connectivity index (χ0) is 17.6. The SMILES string of the molecule is CC.CC(O)c1cc(F)ccc1NC(=O)C1CC(C#N)N(C)C1. The van der Waals surface area contributed by atoms with E-state index in [1.165, 1.54) is 25.1 Å². The Morgan fingerprint density at radius 2 is 2.17 bits per heavy atom. The monoisotopic (exact) mass is 321 g/mol. The number of halogens is 1. The van der Waals surface area contributed by atoms with Crippen molar-refractivity contribution >= 4 is 11.6 Å². The van der Waals surface area contributed by atoms with Crippen LogP contribution in [0, 0.1) is 23.1 Å². The van der Waals surface area contributed by atoms with Gasteiger partial charge < -0.3 is 10.4 Å². The normalized spacial score (nSPS) is 21.8. The number of rotatable bonds is 3. The van der Waals surface area contributed by atoms with E-state index in [1.807, 2.05) is 18.7 Å². The van der Waals surface area contributed by atoms with E-state index in [2.05, 4.69) is 11.4 Å². The van der Waals surface area contributed by atoms with Crippen molar-refractivity contribution in [1.82, 2.24) is 4.90 Å². The second kappa shape index (κ2) is 8.61. The van der Waals surface area contributed by atoms with Crippen molar-refractivity contribution in [2.24, 2.45) is 5.92 Å². The van der Waals surface area contributed by atoms with E-state index in [4.69, 9.17) is 5.26 Å². The van der Waals surface area contributed by atoms with Crippen LogP contribution in [0.1, 0.15) is 38.9 Å². The van der Waals surface area contributed by atoms with Crippen molar-refractivity contribution in [3.8, 4) is 6.07 Å². The van der Waals surface area contributed by atoms with Crippen LogP contribution in [-0.2, 0) is 4.79 Å². The van der Waals surface area contributed by atoms with Gasteiger partial charge in [0.2, 0.25) is 5.91 Å². The predicted octanol–water partition coefficient (Wildman–Crippen LogP) is 2.69. The number of nitrogens with zero attached hydrogens (tertiary/aromatic N) is 2. The van der Waals surface area contributed by atoms with Gasteiger partial charge in [0.15, 0.2) is 0 Å². The first-order valence-corrected chi connectivity index (χ1v) is 7.80. The van der Waals surface area contributed by atoms with Gasteiger partial charge >= 0.3 is 0 Å². The minimum Gasteiger partial charge on any atom is -0.389 e. The van der Waals surface area contributed by atoms with Crippen molar-refractivity contribution in [1.29, 1.82) is 5.26 Å². The standard InChI is InChI=1S/C15H18FN3O2.C2H6/c1-9(20)13-6-11(16)3-4-14(13)18-15(21)10-5-12(7-17)19(2)8-10;1-2/h3-4,6,9-10,12,20H,5,8H2,1-2H3,(H,18,21);1-2H3. The van der Waals surface area contributed by atoms with Crippen molar-refractivity contribution in [3.63, 3.8) is 0 Å². The molecule has 0 aliphatic carbocycles. The number of nitriles is 1. The number of aliphatic hydroxyl groups is 1. The number of carbonyl (C=O) groups is 1. The zero-order valence-electron chi connectivity index (χ0n) is 14.0. The highest BCUT2D eigenvalue weighted by molar-refractivity contribution is 5.93. The van der Waals surface area contributed by atoms with E-state index >= 15 is 0 Å². The highest BCUT2D eigenvalue weighted by Crippen LogP contribution is 2.27. The Bertz CT molecular complexity index is 584. The van der Waals surface area contributed by atoms with E-state index in [1.54, 1.807) is 7.05 Å². The van der Waals surface area contributed by atoms with Gasteiger partial charge in [0.1, 0.15) is 5.82 Å². The van der Waals surface area contributed by atoms with Crippen LogP contribution in [0.25, 0.3) is 0 Å². The minimum absolute atomic E-state index is 0.215. The van der Waals surface area contributed by atoms with Crippen LogP contribution in [0.3, 0.4) is 0 Å². The molecule has 3 atom stereocenters. The van der Waals surface area contributed by atoms with Crippen molar-refractivity contribution < 1.29 is 14.3 Å². The summed E-state index contributed by atoms with van der Waals surface area (Å²) in [6, 6.07) is 5.78. The first-order chi connectivity index (χ1) is 10.9. The van der Waals surface area contributed by atoms with Crippen LogP contribution in [-0.4, -0.2) is 35.5 Å². The lowest BCUT2D eigenvalue weighted by molar-refractivity contribution is -0.119. The highest BCUT2D eigenvalue weighted by atomic mass is 19.1. The molecule has 1 aliphatic heterocycles. The number of benzene rings is 1. The molecule has 0 saturated carbocycles. The molecule has 6 heteroatoms. The number of likely N-dealkylation sites (tertiary alicyclic amines) is 1. The molecule has 5 nitrogen and oxygen atoms in total. The Morgan fingerprint density at radius 3 is 2.70 bits per heavy atom. The number of aliphatic hydroxyl groups excluding tert-OH is 1. The van der Waals surface area contributed by atoms with Gasteiger partial charge in [-0.25, -0.2) is 4.39 Å². The summed E-state index contributed by atoms with van der Waals surface area (Å²) in [5, 5.41) is 21.4. The molecule has 1 fully saturated rings. The van der Waals surface area contributed by atoms with Gasteiger partial charge in [-0.15, -0.1) is 0 Å². The Labute approximate surface area is 136 Å². The van der Waals surface area contributed by atoms with Gasteiger partial charge in [-0.05, 0) is 38.6 Å². The van der Waals surface area contributed by atoms with E-state index in [0.717, 1.165) is 0 Å².